The van der Waals surface area contributed by atoms with Crippen LogP contribution in [0, 0.1) is 0 Å². The van der Waals surface area contributed by atoms with Gasteiger partial charge in [-0.05, 0) is 13.0 Å². The molecule has 3 fully saturated rings. The van der Waals surface area contributed by atoms with Gasteiger partial charge in [0, 0.05) is 0 Å². The molecule has 0 aromatic heterocycles. The number of aliphatic hydroxyl groups excluding tert-OH is 7. The van der Waals surface area contributed by atoms with Crippen LogP contribution in [0.3, 0.4) is 0 Å². The number of unbranched alkanes of at least 4 members (excludes halogenated alkanes) is 5. The molecule has 0 aromatic carbocycles. The molecule has 20 heteroatoms. The van der Waals surface area contributed by atoms with Gasteiger partial charge in [0.15, 0.2) is 18.9 Å². The first kappa shape index (κ1) is 39.7. The first-order valence-corrected chi connectivity index (χ1v) is 16.9. The van der Waals surface area contributed by atoms with Crippen molar-refractivity contribution < 1.29 is 76.6 Å². The summed E-state index contributed by atoms with van der Waals surface area (Å²) in [6, 6.07) is -4.10. The summed E-state index contributed by atoms with van der Waals surface area (Å²) in [7, 11) is -5.15. The molecule has 3 saturated heterocycles. The van der Waals surface area contributed by atoms with Gasteiger partial charge in [-0.3, -0.25) is 4.55 Å². The highest BCUT2D eigenvalue weighted by atomic mass is 32.3. The molecule has 15 atom stereocenters. The van der Waals surface area contributed by atoms with Crippen molar-refractivity contribution in [3.63, 3.8) is 0 Å². The molecule has 272 valence electrons. The smallest absolute Gasteiger partial charge is 0.394 e. The normalized spacial score (nSPS) is 42.3. The Morgan fingerprint density at radius 3 is 1.87 bits per heavy atom. The minimum atomic E-state index is -5.15. The molecule has 0 saturated carbocycles. The predicted molar refractivity (Wildman–Crippen MR) is 155 cm³/mol. The highest BCUT2D eigenvalue weighted by molar-refractivity contribution is 7.80. The summed E-state index contributed by atoms with van der Waals surface area (Å²) in [5.74, 6) is 0. The van der Waals surface area contributed by atoms with E-state index in [1.165, 1.54) is 0 Å². The van der Waals surface area contributed by atoms with Crippen molar-refractivity contribution in [3.8, 4) is 0 Å². The Kier molecular flexibility index (Phi) is 15.8. The first-order chi connectivity index (χ1) is 21.8. The Morgan fingerprint density at radius 2 is 1.26 bits per heavy atom. The molecule has 19 nitrogen and oxygen atoms in total. The average molecular weight is 694 g/mol. The first-order valence-electron chi connectivity index (χ1n) is 15.5. The molecular weight excluding hydrogens is 642 g/mol. The van der Waals surface area contributed by atoms with Crippen LogP contribution in [0.4, 0.5) is 0 Å². The number of hydrogen-bond acceptors (Lipinski definition) is 18. The van der Waals surface area contributed by atoms with Crippen molar-refractivity contribution in [3.05, 3.63) is 0 Å². The van der Waals surface area contributed by atoms with Crippen LogP contribution in [0.5, 0.6) is 0 Å². The average Bonchev–Trinajstić information content (AvgIpc) is 3.01. The summed E-state index contributed by atoms with van der Waals surface area (Å²) in [5, 5.41) is 75.2. The van der Waals surface area contributed by atoms with Crippen LogP contribution >= 0.6 is 0 Å². The number of aliphatic hydroxyl groups is 7. The molecule has 46 heavy (non-hydrogen) atoms. The van der Waals surface area contributed by atoms with Crippen LogP contribution in [-0.2, 0) is 38.3 Å². The summed E-state index contributed by atoms with van der Waals surface area (Å²) >= 11 is 0. The highest BCUT2D eigenvalue weighted by Crippen LogP contribution is 2.33. The number of hydrogen-bond donors (Lipinski definition) is 11. The minimum Gasteiger partial charge on any atom is -0.394 e. The molecule has 3 aliphatic heterocycles. The lowest BCUT2D eigenvalue weighted by Crippen LogP contribution is -2.70. The second kappa shape index (κ2) is 18.3. The Bertz CT molecular complexity index is 1000. The van der Waals surface area contributed by atoms with E-state index in [4.69, 9.17) is 39.3 Å². The zero-order valence-electron chi connectivity index (χ0n) is 25.6. The van der Waals surface area contributed by atoms with Gasteiger partial charge in [0.2, 0.25) is 0 Å². The second-order valence-corrected chi connectivity index (χ2v) is 12.8. The van der Waals surface area contributed by atoms with Crippen LogP contribution in [0.2, 0.25) is 0 Å². The number of rotatable bonds is 17. The van der Waals surface area contributed by atoms with Crippen molar-refractivity contribution in [2.24, 2.45) is 11.5 Å². The number of nitrogens with two attached hydrogens (primary N) is 2. The predicted octanol–water partition coefficient (Wildman–Crippen LogP) is -4.86. The van der Waals surface area contributed by atoms with Gasteiger partial charge in [-0.15, -0.1) is 0 Å². The maximum Gasteiger partial charge on any atom is 0.397 e. The van der Waals surface area contributed by atoms with Crippen LogP contribution in [0.1, 0.15) is 45.4 Å². The van der Waals surface area contributed by atoms with Crippen molar-refractivity contribution in [2.45, 2.75) is 137 Å². The van der Waals surface area contributed by atoms with E-state index in [1.807, 2.05) is 0 Å². The summed E-state index contributed by atoms with van der Waals surface area (Å²) in [6.45, 7) is 0.154. The minimum absolute atomic E-state index is 0.332. The lowest BCUT2D eigenvalue weighted by atomic mass is 9.94. The third-order valence-corrected chi connectivity index (χ3v) is 8.87. The molecule has 0 amide bonds. The maximum absolute atomic E-state index is 11.6. The van der Waals surface area contributed by atoms with Crippen LogP contribution in [-0.4, -0.2) is 167 Å². The summed E-state index contributed by atoms with van der Waals surface area (Å²) in [6.07, 6.45) is -12.6. The lowest BCUT2D eigenvalue weighted by Gasteiger charge is -2.49. The number of ether oxygens (including phenoxy) is 5. The quantitative estimate of drug-likeness (QED) is 0.0502. The Hall–Kier alpha value is -0.730. The molecule has 3 rings (SSSR count). The molecule has 2 unspecified atom stereocenters. The van der Waals surface area contributed by atoms with Gasteiger partial charge >= 0.3 is 10.4 Å². The van der Waals surface area contributed by atoms with Gasteiger partial charge in [0.05, 0.1) is 37.9 Å². The van der Waals surface area contributed by atoms with E-state index in [-0.39, 0.29) is 0 Å². The molecule has 0 bridgehead atoms. The van der Waals surface area contributed by atoms with Crippen molar-refractivity contribution in [1.29, 1.82) is 0 Å². The standard InChI is InChI=1S/C26H51N3O16S/c1-2-3-4-5-6-7-8-29-17-20(35)21(43-25-15(27)19(34)18(33)12(9-30)41-25)13(10-31)42-26(17)44-22-14(11-32)40-24(36)16(28)23(22)45-46(37,38)39/h12-26,29-36H,2-11,27-28H2,1H3,(H,37,38,39)/t12-,13-,14-,15-,16-,17-,18-,19-,20-,21?,22?,23-,24-,25+,26+/m1/s1. The largest absolute Gasteiger partial charge is 0.397 e. The maximum atomic E-state index is 11.6. The summed E-state index contributed by atoms with van der Waals surface area (Å²) in [4.78, 5) is 0. The Labute approximate surface area is 267 Å². The van der Waals surface area contributed by atoms with Gasteiger partial charge in [0.25, 0.3) is 0 Å². The molecular formula is C26H51N3O16S. The van der Waals surface area contributed by atoms with Crippen molar-refractivity contribution >= 4 is 10.4 Å². The summed E-state index contributed by atoms with van der Waals surface area (Å²) in [5.41, 5.74) is 11.9. The van der Waals surface area contributed by atoms with Gasteiger partial charge in [-0.2, -0.15) is 8.42 Å². The molecule has 3 heterocycles. The van der Waals surface area contributed by atoms with Crippen LogP contribution < -0.4 is 16.8 Å². The second-order valence-electron chi connectivity index (χ2n) is 11.8. The van der Waals surface area contributed by atoms with Crippen molar-refractivity contribution in [2.75, 3.05) is 26.4 Å². The number of nitrogens with one attached hydrogen (secondary N) is 1. The monoisotopic (exact) mass is 693 g/mol. The SMILES string of the molecule is CCCCCCCCN[C@H]1[C@H](OC2[C@@H](CO)O[C@@H](O)[C@H](N)[C@H]2OS(=O)(=O)O)O[C@H](CO)C(O[C@@H]2O[C@H](CO)[C@@H](O)[C@H](O)[C@H]2N)[C@@H]1O. The van der Waals surface area contributed by atoms with Gasteiger partial charge in [-0.25, -0.2) is 4.18 Å². The zero-order chi connectivity index (χ0) is 34.2. The van der Waals surface area contributed by atoms with E-state index >= 15 is 0 Å². The van der Waals surface area contributed by atoms with Crippen LogP contribution in [0.15, 0.2) is 0 Å². The van der Waals surface area contributed by atoms with Gasteiger partial charge in [-0.1, -0.05) is 39.0 Å². The van der Waals surface area contributed by atoms with E-state index < -0.39 is 122 Å². The lowest BCUT2D eigenvalue weighted by molar-refractivity contribution is -0.349. The fraction of sp³-hybridized carbons (Fsp3) is 1.00. The Morgan fingerprint density at radius 1 is 0.696 bits per heavy atom. The third-order valence-electron chi connectivity index (χ3n) is 8.40. The van der Waals surface area contributed by atoms with E-state index in [1.54, 1.807) is 0 Å². The molecule has 0 spiro atoms. The Balaban J connectivity index is 1.87. The fourth-order valence-electron chi connectivity index (χ4n) is 5.79. The highest BCUT2D eigenvalue weighted by Gasteiger charge is 2.54. The van der Waals surface area contributed by atoms with Gasteiger partial charge < -0.3 is 76.2 Å². The zero-order valence-corrected chi connectivity index (χ0v) is 26.5. The molecule has 0 radical (unpaired) electrons. The van der Waals surface area contributed by atoms with Gasteiger partial charge in [0.1, 0.15) is 54.9 Å². The van der Waals surface area contributed by atoms with Crippen molar-refractivity contribution in [1.82, 2.24) is 5.32 Å². The van der Waals surface area contributed by atoms with Crippen LogP contribution in [0.25, 0.3) is 0 Å². The molecule has 0 aromatic rings. The molecule has 0 aliphatic carbocycles. The van der Waals surface area contributed by atoms with E-state index in [0.29, 0.717) is 13.0 Å². The topological polar surface area (TPSA) is 315 Å². The summed E-state index contributed by atoms with van der Waals surface area (Å²) < 4.78 is 66.1. The van der Waals surface area contributed by atoms with E-state index in [9.17, 15) is 48.7 Å². The fourth-order valence-corrected chi connectivity index (χ4v) is 6.31. The van der Waals surface area contributed by atoms with E-state index in [2.05, 4.69) is 12.2 Å². The molecule has 3 aliphatic rings. The third kappa shape index (κ3) is 10.2. The van der Waals surface area contributed by atoms with E-state index in [0.717, 1.165) is 32.1 Å². The molecule has 13 N–H and O–H groups in total.